The molecular weight excluding hydrogens is 154 g/mol. The highest BCUT2D eigenvalue weighted by atomic mass is 16.5. The molecule has 0 radical (unpaired) electrons. The Balaban J connectivity index is 4.19. The number of hydrogen-bond acceptors (Lipinski definition) is 2. The molecule has 0 saturated carbocycles. The first kappa shape index (κ1) is 11.3. The number of nitrogens with one attached hydrogen (secondary N) is 1. The number of methoxy groups -OCH3 is 1. The minimum atomic E-state index is -0.333. The van der Waals surface area contributed by atoms with Crippen molar-refractivity contribution in [2.75, 3.05) is 7.11 Å². The lowest BCUT2D eigenvalue weighted by molar-refractivity contribution is 0.151. The van der Waals surface area contributed by atoms with E-state index in [1.54, 1.807) is 0 Å². The number of hydrogen-bond donors (Lipinski definition) is 1. The van der Waals surface area contributed by atoms with Crippen molar-refractivity contribution >= 4 is 6.09 Å². The smallest absolute Gasteiger partial charge is 0.407 e. The minimum Gasteiger partial charge on any atom is -0.453 e. The molecule has 0 aromatic rings. The van der Waals surface area contributed by atoms with E-state index in [0.717, 1.165) is 19.3 Å². The van der Waals surface area contributed by atoms with Crippen LogP contribution in [0.4, 0.5) is 4.79 Å². The van der Waals surface area contributed by atoms with E-state index in [1.807, 2.05) is 0 Å². The molecule has 0 aromatic carbocycles. The van der Waals surface area contributed by atoms with Gasteiger partial charge in [0.25, 0.3) is 0 Å². The first-order valence-electron chi connectivity index (χ1n) is 4.50. The second-order valence-electron chi connectivity index (χ2n) is 2.96. The highest BCUT2D eigenvalue weighted by Gasteiger charge is 2.25. The van der Waals surface area contributed by atoms with Crippen LogP contribution in [0.15, 0.2) is 0 Å². The van der Waals surface area contributed by atoms with Gasteiger partial charge < -0.3 is 10.1 Å². The Morgan fingerprint density at radius 2 is 1.67 bits per heavy atom. The van der Waals surface area contributed by atoms with E-state index in [4.69, 9.17) is 0 Å². The fourth-order valence-electron chi connectivity index (χ4n) is 1.28. The number of carbonyl (C=O) groups excluding carboxylic acids is 1. The normalized spacial score (nSPS) is 11.0. The number of ether oxygens (including phenoxy) is 1. The topological polar surface area (TPSA) is 38.3 Å². The highest BCUT2D eigenvalue weighted by Crippen LogP contribution is 2.18. The zero-order valence-electron chi connectivity index (χ0n) is 8.44. The Bertz CT molecular complexity index is 133. The predicted molar refractivity (Wildman–Crippen MR) is 49.1 cm³/mol. The third-order valence-corrected chi connectivity index (χ3v) is 2.58. The van der Waals surface area contributed by atoms with E-state index in [2.05, 4.69) is 30.8 Å². The first-order valence-corrected chi connectivity index (χ1v) is 4.50. The van der Waals surface area contributed by atoms with E-state index < -0.39 is 0 Å². The van der Waals surface area contributed by atoms with E-state index in [9.17, 15) is 4.79 Å². The molecule has 1 N–H and O–H groups in total. The molecule has 12 heavy (non-hydrogen) atoms. The molecule has 0 heterocycles. The largest absolute Gasteiger partial charge is 0.453 e. The summed E-state index contributed by atoms with van der Waals surface area (Å²) in [5.41, 5.74) is -0.0763. The van der Waals surface area contributed by atoms with Crippen molar-refractivity contribution in [2.45, 2.75) is 45.6 Å². The molecule has 0 aliphatic heterocycles. The molecule has 0 aromatic heterocycles. The van der Waals surface area contributed by atoms with Crippen LogP contribution in [0.2, 0.25) is 0 Å². The molecule has 3 heteroatoms. The lowest BCUT2D eigenvalue weighted by Gasteiger charge is -2.30. The van der Waals surface area contributed by atoms with Gasteiger partial charge in [0.15, 0.2) is 0 Å². The molecular formula is C9H19NO2. The van der Waals surface area contributed by atoms with Crippen molar-refractivity contribution in [3.05, 3.63) is 0 Å². The van der Waals surface area contributed by atoms with E-state index in [0.29, 0.717) is 0 Å². The van der Waals surface area contributed by atoms with E-state index in [-0.39, 0.29) is 11.6 Å². The van der Waals surface area contributed by atoms with Crippen molar-refractivity contribution in [3.63, 3.8) is 0 Å². The first-order chi connectivity index (χ1) is 5.64. The summed E-state index contributed by atoms with van der Waals surface area (Å²) in [4.78, 5) is 11.0. The maximum atomic E-state index is 11.0. The van der Waals surface area contributed by atoms with Gasteiger partial charge in [0.05, 0.1) is 7.11 Å². The van der Waals surface area contributed by atoms with Gasteiger partial charge in [-0.05, 0) is 19.3 Å². The zero-order valence-corrected chi connectivity index (χ0v) is 8.44. The SMILES string of the molecule is CCC(CC)(CC)NC(=O)OC. The third-order valence-electron chi connectivity index (χ3n) is 2.58. The van der Waals surface area contributed by atoms with Crippen molar-refractivity contribution in [1.29, 1.82) is 0 Å². The number of rotatable bonds is 4. The van der Waals surface area contributed by atoms with Crippen LogP contribution in [-0.2, 0) is 4.74 Å². The van der Waals surface area contributed by atoms with Crippen LogP contribution in [0, 0.1) is 0 Å². The van der Waals surface area contributed by atoms with Crippen LogP contribution in [0.25, 0.3) is 0 Å². The van der Waals surface area contributed by atoms with Crippen LogP contribution in [-0.4, -0.2) is 18.7 Å². The standard InChI is InChI=1S/C9H19NO2/c1-5-9(6-2,7-3)10-8(11)12-4/h5-7H2,1-4H3,(H,10,11). The highest BCUT2D eigenvalue weighted by molar-refractivity contribution is 5.68. The third kappa shape index (κ3) is 2.72. The molecule has 0 unspecified atom stereocenters. The van der Waals surface area contributed by atoms with Crippen molar-refractivity contribution in [3.8, 4) is 0 Å². The number of carbonyl (C=O) groups is 1. The molecule has 1 amide bonds. The fourth-order valence-corrected chi connectivity index (χ4v) is 1.28. The molecule has 0 rings (SSSR count). The average molecular weight is 173 g/mol. The number of alkyl carbamates (subject to hydrolysis) is 1. The molecule has 0 atom stereocenters. The summed E-state index contributed by atoms with van der Waals surface area (Å²) < 4.78 is 4.56. The summed E-state index contributed by atoms with van der Waals surface area (Å²) in [6.45, 7) is 6.22. The van der Waals surface area contributed by atoms with Gasteiger partial charge in [0.2, 0.25) is 0 Å². The lowest BCUT2D eigenvalue weighted by atomic mass is 9.90. The Morgan fingerprint density at radius 3 is 1.92 bits per heavy atom. The predicted octanol–water partition coefficient (Wildman–Crippen LogP) is 2.31. The molecule has 0 bridgehead atoms. The molecule has 0 spiro atoms. The summed E-state index contributed by atoms with van der Waals surface area (Å²) in [5, 5.41) is 2.87. The summed E-state index contributed by atoms with van der Waals surface area (Å²) >= 11 is 0. The van der Waals surface area contributed by atoms with Gasteiger partial charge in [-0.1, -0.05) is 20.8 Å². The Hall–Kier alpha value is -0.730. The quantitative estimate of drug-likeness (QED) is 0.708. The van der Waals surface area contributed by atoms with Gasteiger partial charge in [0.1, 0.15) is 0 Å². The second-order valence-corrected chi connectivity index (χ2v) is 2.96. The summed E-state index contributed by atoms with van der Waals surface area (Å²) in [7, 11) is 1.39. The van der Waals surface area contributed by atoms with Gasteiger partial charge in [-0.25, -0.2) is 4.79 Å². The summed E-state index contributed by atoms with van der Waals surface area (Å²) in [6.07, 6.45) is 2.49. The monoisotopic (exact) mass is 173 g/mol. The van der Waals surface area contributed by atoms with Gasteiger partial charge >= 0.3 is 6.09 Å². The maximum absolute atomic E-state index is 11.0. The number of amides is 1. The maximum Gasteiger partial charge on any atom is 0.407 e. The van der Waals surface area contributed by atoms with E-state index in [1.165, 1.54) is 7.11 Å². The molecule has 3 nitrogen and oxygen atoms in total. The lowest BCUT2D eigenvalue weighted by Crippen LogP contribution is -2.47. The van der Waals surface area contributed by atoms with E-state index >= 15 is 0 Å². The van der Waals surface area contributed by atoms with Crippen molar-refractivity contribution < 1.29 is 9.53 Å². The summed E-state index contributed by atoms with van der Waals surface area (Å²) in [5.74, 6) is 0. The molecule has 72 valence electrons. The van der Waals surface area contributed by atoms with Gasteiger partial charge in [-0.3, -0.25) is 0 Å². The fraction of sp³-hybridized carbons (Fsp3) is 0.889. The van der Waals surface area contributed by atoms with Crippen molar-refractivity contribution in [2.24, 2.45) is 0 Å². The molecule has 0 fully saturated rings. The summed E-state index contributed by atoms with van der Waals surface area (Å²) in [6, 6.07) is 0. The minimum absolute atomic E-state index is 0.0763. The Labute approximate surface area is 74.5 Å². The Morgan fingerprint density at radius 1 is 1.25 bits per heavy atom. The van der Waals surface area contributed by atoms with Gasteiger partial charge in [-0.15, -0.1) is 0 Å². The molecule has 0 aliphatic rings. The van der Waals surface area contributed by atoms with Gasteiger partial charge in [-0.2, -0.15) is 0 Å². The van der Waals surface area contributed by atoms with Crippen LogP contribution in [0.1, 0.15) is 40.0 Å². The van der Waals surface area contributed by atoms with Crippen molar-refractivity contribution in [1.82, 2.24) is 5.32 Å². The molecule has 0 saturated heterocycles. The Kier molecular flexibility index (Phi) is 4.71. The average Bonchev–Trinajstić information content (AvgIpc) is 2.14. The zero-order chi connectivity index (χ0) is 9.61. The van der Waals surface area contributed by atoms with Crippen LogP contribution in [0.5, 0.6) is 0 Å². The van der Waals surface area contributed by atoms with Crippen LogP contribution in [0.3, 0.4) is 0 Å². The van der Waals surface area contributed by atoms with Crippen LogP contribution >= 0.6 is 0 Å². The molecule has 0 aliphatic carbocycles. The second kappa shape index (κ2) is 5.01. The van der Waals surface area contributed by atoms with Crippen LogP contribution < -0.4 is 5.32 Å². The van der Waals surface area contributed by atoms with Gasteiger partial charge in [0, 0.05) is 5.54 Å².